The summed E-state index contributed by atoms with van der Waals surface area (Å²) in [6.45, 7) is 8.44. The van der Waals surface area contributed by atoms with Crippen molar-refractivity contribution in [2.75, 3.05) is 11.9 Å². The predicted octanol–water partition coefficient (Wildman–Crippen LogP) is 1.68. The maximum absolute atomic E-state index is 5.56. The van der Waals surface area contributed by atoms with Crippen LogP contribution in [0.2, 0.25) is 0 Å². The molecule has 0 amide bonds. The number of aromatic nitrogens is 6. The summed E-state index contributed by atoms with van der Waals surface area (Å²) in [6, 6.07) is 0.303. The first-order valence-electron chi connectivity index (χ1n) is 6.70. The number of hydrogen-bond donors (Lipinski definition) is 1. The fraction of sp³-hybridized carbons (Fsp3) is 0.583. The highest BCUT2D eigenvalue weighted by Crippen LogP contribution is 2.25. The molecule has 0 radical (unpaired) electrons. The Hall–Kier alpha value is -1.90. The number of hydrogen-bond acceptors (Lipinski definition) is 8. The van der Waals surface area contributed by atoms with Gasteiger partial charge in [-0.25, -0.2) is 0 Å². The maximum Gasteiger partial charge on any atom is 0.322 e. The van der Waals surface area contributed by atoms with Gasteiger partial charge in [-0.3, -0.25) is 0 Å². The van der Waals surface area contributed by atoms with Crippen molar-refractivity contribution in [1.82, 2.24) is 29.7 Å². The highest BCUT2D eigenvalue weighted by Gasteiger charge is 2.13. The van der Waals surface area contributed by atoms with Gasteiger partial charge in [0.15, 0.2) is 5.16 Å². The molecule has 0 aliphatic rings. The van der Waals surface area contributed by atoms with Gasteiger partial charge in [0.2, 0.25) is 11.1 Å². The van der Waals surface area contributed by atoms with Crippen LogP contribution in [0, 0.1) is 6.92 Å². The van der Waals surface area contributed by atoms with Crippen LogP contribution < -0.4 is 10.1 Å². The van der Waals surface area contributed by atoms with Gasteiger partial charge in [0.05, 0.1) is 6.10 Å². The van der Waals surface area contributed by atoms with Crippen molar-refractivity contribution < 1.29 is 4.74 Å². The first-order chi connectivity index (χ1) is 9.99. The van der Waals surface area contributed by atoms with E-state index in [1.165, 1.54) is 11.8 Å². The lowest BCUT2D eigenvalue weighted by molar-refractivity contribution is 0.219. The molecular weight excluding hydrogens is 290 g/mol. The van der Waals surface area contributed by atoms with Crippen molar-refractivity contribution in [3.05, 3.63) is 5.82 Å². The topological polar surface area (TPSA) is 90.6 Å². The lowest BCUT2D eigenvalue weighted by Crippen LogP contribution is -2.12. The van der Waals surface area contributed by atoms with Gasteiger partial charge in [-0.1, -0.05) is 0 Å². The molecule has 0 bridgehead atoms. The van der Waals surface area contributed by atoms with Crippen LogP contribution in [-0.4, -0.2) is 42.4 Å². The summed E-state index contributed by atoms with van der Waals surface area (Å²) in [5.41, 5.74) is 0. The zero-order chi connectivity index (χ0) is 15.4. The van der Waals surface area contributed by atoms with Gasteiger partial charge in [0, 0.05) is 13.6 Å². The Morgan fingerprint density at radius 2 is 2.00 bits per heavy atom. The Kier molecular flexibility index (Phi) is 4.94. The molecule has 8 nitrogen and oxygen atoms in total. The third-order valence-electron chi connectivity index (χ3n) is 2.51. The summed E-state index contributed by atoms with van der Waals surface area (Å²) < 4.78 is 7.44. The van der Waals surface area contributed by atoms with Crippen molar-refractivity contribution in [3.8, 4) is 6.01 Å². The van der Waals surface area contributed by atoms with Crippen LogP contribution in [0.25, 0.3) is 0 Å². The molecule has 2 rings (SSSR count). The highest BCUT2D eigenvalue weighted by atomic mass is 32.2. The first kappa shape index (κ1) is 15.5. The molecule has 21 heavy (non-hydrogen) atoms. The first-order valence-corrected chi connectivity index (χ1v) is 7.51. The molecule has 2 aromatic heterocycles. The largest absolute Gasteiger partial charge is 0.461 e. The van der Waals surface area contributed by atoms with Crippen LogP contribution in [0.5, 0.6) is 6.01 Å². The zero-order valence-corrected chi connectivity index (χ0v) is 13.6. The average molecular weight is 309 g/mol. The summed E-state index contributed by atoms with van der Waals surface area (Å²) in [7, 11) is 1.90. The minimum absolute atomic E-state index is 0.00296. The van der Waals surface area contributed by atoms with Crippen LogP contribution in [-0.2, 0) is 7.05 Å². The normalized spacial score (nSPS) is 11.0. The lowest BCUT2D eigenvalue weighted by Gasteiger charge is -2.10. The Balaban J connectivity index is 2.28. The van der Waals surface area contributed by atoms with E-state index in [1.807, 2.05) is 39.3 Å². The van der Waals surface area contributed by atoms with E-state index in [2.05, 4.69) is 30.5 Å². The molecule has 0 atom stereocenters. The minimum Gasteiger partial charge on any atom is -0.461 e. The number of anilines is 1. The number of aryl methyl sites for hydroxylation is 1. The third kappa shape index (κ3) is 4.03. The molecule has 0 aromatic carbocycles. The molecule has 0 fully saturated rings. The van der Waals surface area contributed by atoms with Gasteiger partial charge in [0.1, 0.15) is 5.82 Å². The van der Waals surface area contributed by atoms with Crippen LogP contribution in [0.15, 0.2) is 10.3 Å². The summed E-state index contributed by atoms with van der Waals surface area (Å²) in [6.07, 6.45) is -0.00296. The third-order valence-corrected chi connectivity index (χ3v) is 3.41. The highest BCUT2D eigenvalue weighted by molar-refractivity contribution is 7.99. The Labute approximate surface area is 127 Å². The van der Waals surface area contributed by atoms with Crippen molar-refractivity contribution in [3.63, 3.8) is 0 Å². The second-order valence-electron chi connectivity index (χ2n) is 4.61. The van der Waals surface area contributed by atoms with E-state index < -0.39 is 0 Å². The van der Waals surface area contributed by atoms with Crippen LogP contribution >= 0.6 is 11.8 Å². The molecule has 2 aromatic rings. The monoisotopic (exact) mass is 309 g/mol. The van der Waals surface area contributed by atoms with Gasteiger partial charge in [-0.2, -0.15) is 15.0 Å². The zero-order valence-electron chi connectivity index (χ0n) is 12.8. The summed E-state index contributed by atoms with van der Waals surface area (Å²) in [5, 5.41) is 12.4. The van der Waals surface area contributed by atoms with Crippen LogP contribution in [0.4, 0.5) is 5.95 Å². The summed E-state index contributed by atoms with van der Waals surface area (Å²) >= 11 is 1.32. The Morgan fingerprint density at radius 3 is 2.57 bits per heavy atom. The molecule has 0 spiro atoms. The SMILES string of the molecule is CCNc1nc(OC(C)C)nc(Sc2nnc(C)n2C)n1. The molecule has 0 saturated carbocycles. The van der Waals surface area contributed by atoms with Gasteiger partial charge in [-0.05, 0) is 39.5 Å². The molecule has 9 heteroatoms. The van der Waals surface area contributed by atoms with Gasteiger partial charge < -0.3 is 14.6 Å². The smallest absolute Gasteiger partial charge is 0.322 e. The van der Waals surface area contributed by atoms with E-state index in [-0.39, 0.29) is 6.10 Å². The van der Waals surface area contributed by atoms with E-state index >= 15 is 0 Å². The van der Waals surface area contributed by atoms with Gasteiger partial charge in [-0.15, -0.1) is 10.2 Å². The molecular formula is C12H19N7OS. The predicted molar refractivity (Wildman–Crippen MR) is 79.6 cm³/mol. The van der Waals surface area contributed by atoms with Gasteiger partial charge in [0.25, 0.3) is 0 Å². The lowest BCUT2D eigenvalue weighted by atomic mass is 10.5. The Morgan fingerprint density at radius 1 is 1.24 bits per heavy atom. The Bertz CT molecular complexity index is 614. The number of ether oxygens (including phenoxy) is 1. The van der Waals surface area contributed by atoms with Crippen LogP contribution in [0.1, 0.15) is 26.6 Å². The molecule has 0 unspecified atom stereocenters. The van der Waals surface area contributed by atoms with Crippen LogP contribution in [0.3, 0.4) is 0 Å². The number of nitrogens with one attached hydrogen (secondary N) is 1. The van der Waals surface area contributed by atoms with E-state index in [0.29, 0.717) is 17.1 Å². The van der Waals surface area contributed by atoms with Gasteiger partial charge >= 0.3 is 6.01 Å². The molecule has 0 aliphatic heterocycles. The van der Waals surface area contributed by atoms with Crippen molar-refractivity contribution in [2.24, 2.45) is 7.05 Å². The van der Waals surface area contributed by atoms with Crippen molar-refractivity contribution in [2.45, 2.75) is 44.1 Å². The maximum atomic E-state index is 5.56. The molecule has 114 valence electrons. The standard InChI is InChI=1S/C12H19N7OS/c1-6-13-9-14-10(20-7(2)3)16-11(15-9)21-12-18-17-8(4)19(12)5/h7H,6H2,1-5H3,(H,13,14,15,16). The number of rotatable bonds is 6. The average Bonchev–Trinajstić information content (AvgIpc) is 2.70. The summed E-state index contributed by atoms with van der Waals surface area (Å²) in [5.74, 6) is 1.32. The fourth-order valence-electron chi connectivity index (χ4n) is 1.44. The van der Waals surface area contributed by atoms with E-state index in [4.69, 9.17) is 4.74 Å². The molecule has 2 heterocycles. The van der Waals surface area contributed by atoms with E-state index in [1.54, 1.807) is 0 Å². The minimum atomic E-state index is -0.00296. The molecule has 0 saturated heterocycles. The number of nitrogens with zero attached hydrogens (tertiary/aromatic N) is 6. The molecule has 1 N–H and O–H groups in total. The van der Waals surface area contributed by atoms with E-state index in [0.717, 1.165) is 17.5 Å². The molecule has 0 aliphatic carbocycles. The second-order valence-corrected chi connectivity index (χ2v) is 5.55. The van der Waals surface area contributed by atoms with Crippen molar-refractivity contribution >= 4 is 17.7 Å². The van der Waals surface area contributed by atoms with Crippen molar-refractivity contribution in [1.29, 1.82) is 0 Å². The fourth-order valence-corrected chi connectivity index (χ4v) is 2.21. The second kappa shape index (κ2) is 6.70. The van der Waals surface area contributed by atoms with E-state index in [9.17, 15) is 0 Å². The summed E-state index contributed by atoms with van der Waals surface area (Å²) in [4.78, 5) is 12.9. The quantitative estimate of drug-likeness (QED) is 0.862.